The Morgan fingerprint density at radius 1 is 1.78 bits per heavy atom. The SMILES string of the molecule is NC(=S)C[C@@H]1CCSC1. The van der Waals surface area contributed by atoms with E-state index in [-0.39, 0.29) is 0 Å². The largest absolute Gasteiger partial charge is 0.393 e. The van der Waals surface area contributed by atoms with Crippen molar-refractivity contribution in [2.45, 2.75) is 12.8 Å². The normalized spacial score (nSPS) is 26.4. The van der Waals surface area contributed by atoms with E-state index in [0.717, 1.165) is 12.3 Å². The average molecular weight is 161 g/mol. The molecular weight excluding hydrogens is 150 g/mol. The third-order valence-corrected chi connectivity index (χ3v) is 2.91. The van der Waals surface area contributed by atoms with Gasteiger partial charge in [-0.15, -0.1) is 0 Å². The maximum atomic E-state index is 5.39. The van der Waals surface area contributed by atoms with Gasteiger partial charge in [0, 0.05) is 6.42 Å². The van der Waals surface area contributed by atoms with Gasteiger partial charge in [-0.25, -0.2) is 0 Å². The van der Waals surface area contributed by atoms with Gasteiger partial charge >= 0.3 is 0 Å². The van der Waals surface area contributed by atoms with Crippen LogP contribution in [0.3, 0.4) is 0 Å². The Kier molecular flexibility index (Phi) is 2.79. The summed E-state index contributed by atoms with van der Waals surface area (Å²) in [5.74, 6) is 3.34. The van der Waals surface area contributed by atoms with Crippen molar-refractivity contribution in [3.05, 3.63) is 0 Å². The van der Waals surface area contributed by atoms with Crippen LogP contribution in [-0.4, -0.2) is 16.5 Å². The molecule has 0 aliphatic carbocycles. The minimum absolute atomic E-state index is 0.683. The lowest BCUT2D eigenvalue weighted by atomic mass is 10.1. The second-order valence-electron chi connectivity index (χ2n) is 2.40. The van der Waals surface area contributed by atoms with Crippen LogP contribution in [0.15, 0.2) is 0 Å². The van der Waals surface area contributed by atoms with Crippen molar-refractivity contribution in [1.29, 1.82) is 0 Å². The van der Waals surface area contributed by atoms with Crippen LogP contribution in [0, 0.1) is 5.92 Å². The van der Waals surface area contributed by atoms with Crippen molar-refractivity contribution in [3.8, 4) is 0 Å². The molecule has 1 aliphatic rings. The van der Waals surface area contributed by atoms with E-state index in [1.54, 1.807) is 0 Å². The molecular formula is C6H11NS2. The molecule has 1 heterocycles. The van der Waals surface area contributed by atoms with Gasteiger partial charge in [0.25, 0.3) is 0 Å². The predicted octanol–water partition coefficient (Wildman–Crippen LogP) is 1.42. The molecule has 1 atom stereocenters. The summed E-state index contributed by atoms with van der Waals surface area (Å²) >= 11 is 6.81. The quantitative estimate of drug-likeness (QED) is 0.620. The molecule has 1 rings (SSSR count). The molecule has 9 heavy (non-hydrogen) atoms. The van der Waals surface area contributed by atoms with E-state index in [1.807, 2.05) is 11.8 Å². The summed E-state index contributed by atoms with van der Waals surface area (Å²) in [4.78, 5) is 0.683. The first kappa shape index (κ1) is 7.35. The van der Waals surface area contributed by atoms with Crippen LogP contribution in [0.5, 0.6) is 0 Å². The van der Waals surface area contributed by atoms with Crippen molar-refractivity contribution in [1.82, 2.24) is 0 Å². The minimum Gasteiger partial charge on any atom is -0.393 e. The Bertz CT molecular complexity index is 108. The van der Waals surface area contributed by atoms with Crippen LogP contribution in [0.4, 0.5) is 0 Å². The standard InChI is InChI=1S/C6H11NS2/c7-6(8)3-5-1-2-9-4-5/h5H,1-4H2,(H2,7,8)/t5-/m0/s1. The number of rotatable bonds is 2. The first-order valence-electron chi connectivity index (χ1n) is 3.15. The number of hydrogen-bond donors (Lipinski definition) is 1. The lowest BCUT2D eigenvalue weighted by Gasteiger charge is -2.03. The maximum absolute atomic E-state index is 5.39. The zero-order valence-corrected chi connectivity index (χ0v) is 6.93. The highest BCUT2D eigenvalue weighted by Gasteiger charge is 2.15. The van der Waals surface area contributed by atoms with E-state index in [1.165, 1.54) is 17.9 Å². The number of nitrogens with two attached hydrogens (primary N) is 1. The molecule has 0 aromatic carbocycles. The molecule has 0 aromatic rings. The highest BCUT2D eigenvalue weighted by molar-refractivity contribution is 7.99. The first-order valence-corrected chi connectivity index (χ1v) is 4.71. The number of hydrogen-bond acceptors (Lipinski definition) is 2. The molecule has 0 bridgehead atoms. The molecule has 2 N–H and O–H groups in total. The fourth-order valence-electron chi connectivity index (χ4n) is 1.03. The first-order chi connectivity index (χ1) is 4.29. The Morgan fingerprint density at radius 3 is 3.00 bits per heavy atom. The number of thioether (sulfide) groups is 1. The fraction of sp³-hybridized carbons (Fsp3) is 0.833. The van der Waals surface area contributed by atoms with Gasteiger partial charge in [-0.05, 0) is 23.8 Å². The van der Waals surface area contributed by atoms with Crippen molar-refractivity contribution >= 4 is 29.0 Å². The summed E-state index contributed by atoms with van der Waals surface area (Å²) in [5, 5.41) is 0. The summed E-state index contributed by atoms with van der Waals surface area (Å²) in [6.07, 6.45) is 2.27. The smallest absolute Gasteiger partial charge is 0.0730 e. The molecule has 1 aliphatic heterocycles. The zero-order chi connectivity index (χ0) is 6.69. The third kappa shape index (κ3) is 2.54. The van der Waals surface area contributed by atoms with E-state index in [9.17, 15) is 0 Å². The summed E-state index contributed by atoms with van der Waals surface area (Å²) in [7, 11) is 0. The lowest BCUT2D eigenvalue weighted by Crippen LogP contribution is -2.13. The van der Waals surface area contributed by atoms with Gasteiger partial charge in [0.05, 0.1) is 4.99 Å². The van der Waals surface area contributed by atoms with Crippen LogP contribution >= 0.6 is 24.0 Å². The molecule has 1 nitrogen and oxygen atoms in total. The van der Waals surface area contributed by atoms with Gasteiger partial charge in [-0.2, -0.15) is 11.8 Å². The van der Waals surface area contributed by atoms with Crippen LogP contribution < -0.4 is 5.73 Å². The van der Waals surface area contributed by atoms with Crippen LogP contribution in [0.25, 0.3) is 0 Å². The van der Waals surface area contributed by atoms with Crippen molar-refractivity contribution in [3.63, 3.8) is 0 Å². The second kappa shape index (κ2) is 3.42. The number of thiocarbonyl (C=S) groups is 1. The van der Waals surface area contributed by atoms with Crippen molar-refractivity contribution < 1.29 is 0 Å². The third-order valence-electron chi connectivity index (χ3n) is 1.51. The molecule has 52 valence electrons. The van der Waals surface area contributed by atoms with Gasteiger partial charge in [0.2, 0.25) is 0 Å². The summed E-state index contributed by atoms with van der Waals surface area (Å²) in [5.41, 5.74) is 5.39. The van der Waals surface area contributed by atoms with E-state index in [4.69, 9.17) is 18.0 Å². The van der Waals surface area contributed by atoms with E-state index in [0.29, 0.717) is 4.99 Å². The molecule has 1 fully saturated rings. The van der Waals surface area contributed by atoms with Crippen molar-refractivity contribution in [2.75, 3.05) is 11.5 Å². The molecule has 1 saturated heterocycles. The van der Waals surface area contributed by atoms with Crippen LogP contribution in [0.1, 0.15) is 12.8 Å². The van der Waals surface area contributed by atoms with E-state index < -0.39 is 0 Å². The zero-order valence-electron chi connectivity index (χ0n) is 5.30. The minimum atomic E-state index is 0.683. The fourth-order valence-corrected chi connectivity index (χ4v) is 2.55. The molecule has 0 radical (unpaired) electrons. The van der Waals surface area contributed by atoms with Crippen LogP contribution in [0.2, 0.25) is 0 Å². The Labute approximate surface area is 65.4 Å². The van der Waals surface area contributed by atoms with Gasteiger partial charge in [0.15, 0.2) is 0 Å². The molecule has 0 saturated carbocycles. The van der Waals surface area contributed by atoms with Crippen molar-refractivity contribution in [2.24, 2.45) is 11.7 Å². The highest BCUT2D eigenvalue weighted by atomic mass is 32.2. The molecule has 0 aromatic heterocycles. The van der Waals surface area contributed by atoms with Gasteiger partial charge in [-0.1, -0.05) is 12.2 Å². The topological polar surface area (TPSA) is 26.0 Å². The Balaban J connectivity index is 2.19. The van der Waals surface area contributed by atoms with E-state index in [2.05, 4.69) is 0 Å². The second-order valence-corrected chi connectivity index (χ2v) is 4.07. The van der Waals surface area contributed by atoms with Gasteiger partial charge in [-0.3, -0.25) is 0 Å². The molecule has 0 unspecified atom stereocenters. The molecule has 3 heteroatoms. The monoisotopic (exact) mass is 161 g/mol. The summed E-state index contributed by atoms with van der Waals surface area (Å²) in [6, 6.07) is 0. The predicted molar refractivity (Wildman–Crippen MR) is 46.8 cm³/mol. The summed E-state index contributed by atoms with van der Waals surface area (Å²) < 4.78 is 0. The van der Waals surface area contributed by atoms with Crippen LogP contribution in [-0.2, 0) is 0 Å². The Morgan fingerprint density at radius 2 is 2.56 bits per heavy atom. The maximum Gasteiger partial charge on any atom is 0.0730 e. The van der Waals surface area contributed by atoms with E-state index >= 15 is 0 Å². The molecule has 0 spiro atoms. The molecule has 0 amide bonds. The summed E-state index contributed by atoms with van der Waals surface area (Å²) in [6.45, 7) is 0. The highest BCUT2D eigenvalue weighted by Crippen LogP contribution is 2.25. The Hall–Kier alpha value is 0.240. The van der Waals surface area contributed by atoms with Gasteiger partial charge in [0.1, 0.15) is 0 Å². The van der Waals surface area contributed by atoms with Gasteiger partial charge < -0.3 is 5.73 Å². The lowest BCUT2D eigenvalue weighted by molar-refractivity contribution is 0.627. The average Bonchev–Trinajstić information content (AvgIpc) is 2.15.